The first-order valence-corrected chi connectivity index (χ1v) is 7.15. The molecule has 0 saturated carbocycles. The van der Waals surface area contributed by atoms with Crippen molar-refractivity contribution in [3.63, 3.8) is 0 Å². The highest BCUT2D eigenvalue weighted by Crippen LogP contribution is 2.30. The summed E-state index contributed by atoms with van der Waals surface area (Å²) >= 11 is 3.35. The van der Waals surface area contributed by atoms with Crippen LogP contribution in [0.15, 0.2) is 46.9 Å². The van der Waals surface area contributed by atoms with Crippen molar-refractivity contribution in [1.82, 2.24) is 0 Å². The SMILES string of the molecule is COc1cccc(C(C)Nc2ccc([N+](=O)[O-])cc2Br)c1. The van der Waals surface area contributed by atoms with Crippen molar-refractivity contribution < 1.29 is 9.66 Å². The van der Waals surface area contributed by atoms with Gasteiger partial charge in [-0.05, 0) is 46.6 Å². The van der Waals surface area contributed by atoms with Crippen LogP contribution < -0.4 is 10.1 Å². The Morgan fingerprint density at radius 2 is 2.05 bits per heavy atom. The van der Waals surface area contributed by atoms with E-state index in [2.05, 4.69) is 21.2 Å². The number of ether oxygens (including phenoxy) is 1. The van der Waals surface area contributed by atoms with Gasteiger partial charge in [0.1, 0.15) is 5.75 Å². The molecule has 0 fully saturated rings. The van der Waals surface area contributed by atoms with E-state index in [4.69, 9.17) is 4.74 Å². The fourth-order valence-electron chi connectivity index (χ4n) is 1.96. The van der Waals surface area contributed by atoms with E-state index in [1.807, 2.05) is 31.2 Å². The van der Waals surface area contributed by atoms with Crippen LogP contribution in [0.2, 0.25) is 0 Å². The molecular formula is C15H15BrN2O3. The molecule has 5 nitrogen and oxygen atoms in total. The fraction of sp³-hybridized carbons (Fsp3) is 0.200. The zero-order valence-corrected chi connectivity index (χ0v) is 13.3. The van der Waals surface area contributed by atoms with Gasteiger partial charge in [0.15, 0.2) is 0 Å². The summed E-state index contributed by atoms with van der Waals surface area (Å²) in [5, 5.41) is 14.0. The normalized spacial score (nSPS) is 11.8. The Labute approximate surface area is 131 Å². The first-order valence-electron chi connectivity index (χ1n) is 6.35. The predicted octanol–water partition coefficient (Wildman–Crippen LogP) is 4.54. The number of methoxy groups -OCH3 is 1. The second-order valence-corrected chi connectivity index (χ2v) is 5.42. The minimum absolute atomic E-state index is 0.0397. The topological polar surface area (TPSA) is 64.4 Å². The van der Waals surface area contributed by atoms with Gasteiger partial charge in [-0.3, -0.25) is 10.1 Å². The van der Waals surface area contributed by atoms with Gasteiger partial charge in [-0.25, -0.2) is 0 Å². The van der Waals surface area contributed by atoms with Gasteiger partial charge >= 0.3 is 0 Å². The lowest BCUT2D eigenvalue weighted by Gasteiger charge is -2.17. The van der Waals surface area contributed by atoms with Crippen LogP contribution >= 0.6 is 15.9 Å². The number of halogens is 1. The van der Waals surface area contributed by atoms with Crippen molar-refractivity contribution in [2.45, 2.75) is 13.0 Å². The van der Waals surface area contributed by atoms with E-state index in [0.29, 0.717) is 4.47 Å². The van der Waals surface area contributed by atoms with Crippen LogP contribution in [-0.2, 0) is 0 Å². The summed E-state index contributed by atoms with van der Waals surface area (Å²) in [6, 6.07) is 12.5. The Morgan fingerprint density at radius 1 is 1.29 bits per heavy atom. The maximum atomic E-state index is 10.7. The smallest absolute Gasteiger partial charge is 0.270 e. The zero-order chi connectivity index (χ0) is 15.4. The number of benzene rings is 2. The lowest BCUT2D eigenvalue weighted by atomic mass is 10.1. The number of non-ortho nitro benzene ring substituents is 1. The molecule has 0 saturated heterocycles. The summed E-state index contributed by atoms with van der Waals surface area (Å²) in [5.74, 6) is 0.795. The number of hydrogen-bond donors (Lipinski definition) is 1. The van der Waals surface area contributed by atoms with Gasteiger partial charge in [0, 0.05) is 28.3 Å². The number of nitro benzene ring substituents is 1. The van der Waals surface area contributed by atoms with Crippen molar-refractivity contribution in [3.8, 4) is 5.75 Å². The molecule has 0 aliphatic heterocycles. The molecule has 0 spiro atoms. The third kappa shape index (κ3) is 3.72. The van der Waals surface area contributed by atoms with Gasteiger partial charge in [0.25, 0.3) is 5.69 Å². The molecule has 110 valence electrons. The molecule has 0 aliphatic carbocycles. The minimum atomic E-state index is -0.417. The quantitative estimate of drug-likeness (QED) is 0.635. The highest BCUT2D eigenvalue weighted by Gasteiger charge is 2.12. The van der Waals surface area contributed by atoms with Crippen LogP contribution in [0, 0.1) is 10.1 Å². The molecule has 21 heavy (non-hydrogen) atoms. The molecule has 2 aromatic carbocycles. The average Bonchev–Trinajstić information content (AvgIpc) is 2.49. The van der Waals surface area contributed by atoms with Gasteiger partial charge in [0.05, 0.1) is 12.0 Å². The van der Waals surface area contributed by atoms with Gasteiger partial charge in [-0.2, -0.15) is 0 Å². The molecular weight excluding hydrogens is 336 g/mol. The van der Waals surface area contributed by atoms with E-state index in [1.54, 1.807) is 13.2 Å². The molecule has 0 amide bonds. The lowest BCUT2D eigenvalue weighted by Crippen LogP contribution is -2.07. The van der Waals surface area contributed by atoms with Crippen LogP contribution in [0.5, 0.6) is 5.75 Å². The standard InChI is InChI=1S/C15H15BrN2O3/c1-10(11-4-3-5-13(8-11)21-2)17-15-7-6-12(18(19)20)9-14(15)16/h3-10,17H,1-2H3. The summed E-state index contributed by atoms with van der Waals surface area (Å²) in [4.78, 5) is 10.3. The molecule has 0 aliphatic rings. The van der Waals surface area contributed by atoms with Crippen molar-refractivity contribution in [3.05, 3.63) is 62.6 Å². The average molecular weight is 351 g/mol. The van der Waals surface area contributed by atoms with Gasteiger partial charge < -0.3 is 10.1 Å². The molecule has 1 unspecified atom stereocenters. The largest absolute Gasteiger partial charge is 0.497 e. The third-order valence-corrected chi connectivity index (χ3v) is 3.79. The Balaban J connectivity index is 2.19. The molecule has 6 heteroatoms. The van der Waals surface area contributed by atoms with Crippen molar-refractivity contribution >= 4 is 27.3 Å². The minimum Gasteiger partial charge on any atom is -0.497 e. The Morgan fingerprint density at radius 3 is 2.67 bits per heavy atom. The van der Waals surface area contributed by atoms with E-state index < -0.39 is 4.92 Å². The van der Waals surface area contributed by atoms with Crippen molar-refractivity contribution in [2.24, 2.45) is 0 Å². The monoisotopic (exact) mass is 350 g/mol. The number of anilines is 1. The molecule has 0 heterocycles. The first-order chi connectivity index (χ1) is 10.0. The summed E-state index contributed by atoms with van der Waals surface area (Å²) in [6.45, 7) is 2.02. The molecule has 0 bridgehead atoms. The molecule has 2 aromatic rings. The lowest BCUT2D eigenvalue weighted by molar-refractivity contribution is -0.384. The van der Waals surface area contributed by atoms with E-state index >= 15 is 0 Å². The van der Waals surface area contributed by atoms with E-state index in [1.165, 1.54) is 12.1 Å². The summed E-state index contributed by atoms with van der Waals surface area (Å²) in [5.41, 5.74) is 1.93. The van der Waals surface area contributed by atoms with Crippen molar-refractivity contribution in [1.29, 1.82) is 0 Å². The van der Waals surface area contributed by atoms with Crippen LogP contribution in [0.4, 0.5) is 11.4 Å². The maximum Gasteiger partial charge on any atom is 0.270 e. The molecule has 2 rings (SSSR count). The molecule has 0 aromatic heterocycles. The van der Waals surface area contributed by atoms with Crippen LogP contribution in [0.1, 0.15) is 18.5 Å². The van der Waals surface area contributed by atoms with E-state index in [9.17, 15) is 10.1 Å². The third-order valence-electron chi connectivity index (χ3n) is 3.13. The predicted molar refractivity (Wildman–Crippen MR) is 85.8 cm³/mol. The summed E-state index contributed by atoms with van der Waals surface area (Å²) in [7, 11) is 1.63. The Bertz CT molecular complexity index is 661. The highest BCUT2D eigenvalue weighted by atomic mass is 79.9. The summed E-state index contributed by atoms with van der Waals surface area (Å²) in [6.07, 6.45) is 0. The number of nitrogens with zero attached hydrogens (tertiary/aromatic N) is 1. The zero-order valence-electron chi connectivity index (χ0n) is 11.7. The highest BCUT2D eigenvalue weighted by molar-refractivity contribution is 9.10. The first kappa shape index (κ1) is 15.3. The Hall–Kier alpha value is -2.08. The second-order valence-electron chi connectivity index (χ2n) is 4.56. The maximum absolute atomic E-state index is 10.7. The second kappa shape index (κ2) is 6.58. The van der Waals surface area contributed by atoms with Gasteiger partial charge in [0.2, 0.25) is 0 Å². The van der Waals surface area contributed by atoms with Gasteiger partial charge in [-0.1, -0.05) is 12.1 Å². The summed E-state index contributed by atoms with van der Waals surface area (Å²) < 4.78 is 5.87. The number of nitrogens with one attached hydrogen (secondary N) is 1. The van der Waals surface area contributed by atoms with E-state index in [-0.39, 0.29) is 11.7 Å². The van der Waals surface area contributed by atoms with Gasteiger partial charge in [-0.15, -0.1) is 0 Å². The fourth-order valence-corrected chi connectivity index (χ4v) is 2.44. The molecule has 1 N–H and O–H groups in total. The number of nitro groups is 1. The Kier molecular flexibility index (Phi) is 4.80. The van der Waals surface area contributed by atoms with Crippen LogP contribution in [0.25, 0.3) is 0 Å². The van der Waals surface area contributed by atoms with Crippen LogP contribution in [-0.4, -0.2) is 12.0 Å². The number of hydrogen-bond acceptors (Lipinski definition) is 4. The number of rotatable bonds is 5. The molecule has 0 radical (unpaired) electrons. The van der Waals surface area contributed by atoms with E-state index in [0.717, 1.165) is 17.0 Å². The van der Waals surface area contributed by atoms with Crippen LogP contribution in [0.3, 0.4) is 0 Å². The van der Waals surface area contributed by atoms with Crippen molar-refractivity contribution in [2.75, 3.05) is 12.4 Å². The molecule has 1 atom stereocenters.